The standard InChI is InChI=1S/C19H41NO5/c1-2-3-4-5-6-7-8-9-10-11-16-23-17-12-13-20(24-18-14-21)25-19-15-22/h21-22H,2-19H2,1H3. The van der Waals surface area contributed by atoms with Crippen LogP contribution in [0.5, 0.6) is 0 Å². The van der Waals surface area contributed by atoms with Gasteiger partial charge in [-0.05, 0) is 12.8 Å². The Balaban J connectivity index is 3.27. The molecule has 0 saturated heterocycles. The maximum atomic E-state index is 8.75. The van der Waals surface area contributed by atoms with Crippen molar-refractivity contribution in [1.29, 1.82) is 0 Å². The van der Waals surface area contributed by atoms with Gasteiger partial charge in [-0.3, -0.25) is 9.68 Å². The molecule has 6 nitrogen and oxygen atoms in total. The Morgan fingerprint density at radius 2 is 1.08 bits per heavy atom. The lowest BCUT2D eigenvalue weighted by atomic mass is 10.1. The minimum absolute atomic E-state index is 0.0613. The number of aliphatic hydroxyl groups is 2. The van der Waals surface area contributed by atoms with Crippen molar-refractivity contribution in [1.82, 2.24) is 5.23 Å². The van der Waals surface area contributed by atoms with E-state index >= 15 is 0 Å². The summed E-state index contributed by atoms with van der Waals surface area (Å²) < 4.78 is 5.63. The number of hydroxylamine groups is 2. The van der Waals surface area contributed by atoms with E-state index in [1.807, 2.05) is 0 Å². The monoisotopic (exact) mass is 363 g/mol. The lowest BCUT2D eigenvalue weighted by molar-refractivity contribution is -0.371. The van der Waals surface area contributed by atoms with Crippen LogP contribution in [0.4, 0.5) is 0 Å². The van der Waals surface area contributed by atoms with E-state index in [0.29, 0.717) is 13.2 Å². The second-order valence-electron chi connectivity index (χ2n) is 6.32. The van der Waals surface area contributed by atoms with Gasteiger partial charge < -0.3 is 14.9 Å². The first-order valence-corrected chi connectivity index (χ1v) is 10.2. The normalized spacial score (nSPS) is 11.5. The van der Waals surface area contributed by atoms with E-state index in [1.54, 1.807) is 0 Å². The molecule has 0 aromatic rings. The van der Waals surface area contributed by atoms with Crippen LogP contribution in [0.1, 0.15) is 77.6 Å². The second-order valence-corrected chi connectivity index (χ2v) is 6.32. The Bertz CT molecular complexity index is 236. The predicted molar refractivity (Wildman–Crippen MR) is 100 cm³/mol. The van der Waals surface area contributed by atoms with Crippen LogP contribution >= 0.6 is 0 Å². The lowest BCUT2D eigenvalue weighted by Crippen LogP contribution is -2.29. The Labute approximate surface area is 154 Å². The molecule has 2 N–H and O–H groups in total. The van der Waals surface area contributed by atoms with Crippen molar-refractivity contribution in [2.75, 3.05) is 46.2 Å². The number of hydrogen-bond acceptors (Lipinski definition) is 6. The van der Waals surface area contributed by atoms with E-state index in [9.17, 15) is 0 Å². The first-order chi connectivity index (χ1) is 12.3. The molecule has 0 bridgehead atoms. The molecule has 0 radical (unpaired) electrons. The Morgan fingerprint density at radius 3 is 1.60 bits per heavy atom. The Morgan fingerprint density at radius 1 is 0.600 bits per heavy atom. The molecule has 0 aliphatic carbocycles. The highest BCUT2D eigenvalue weighted by Gasteiger charge is 2.05. The van der Waals surface area contributed by atoms with Crippen molar-refractivity contribution in [3.8, 4) is 0 Å². The third-order valence-corrected chi connectivity index (χ3v) is 3.92. The molecule has 0 amide bonds. The zero-order valence-electron chi connectivity index (χ0n) is 16.3. The van der Waals surface area contributed by atoms with Crippen LogP contribution in [-0.2, 0) is 14.4 Å². The summed E-state index contributed by atoms with van der Waals surface area (Å²) in [5.41, 5.74) is 0. The number of ether oxygens (including phenoxy) is 1. The molecule has 25 heavy (non-hydrogen) atoms. The topological polar surface area (TPSA) is 71.4 Å². The molecular formula is C19H41NO5. The van der Waals surface area contributed by atoms with Gasteiger partial charge in [0.2, 0.25) is 0 Å². The van der Waals surface area contributed by atoms with Gasteiger partial charge in [0.15, 0.2) is 0 Å². The number of rotatable bonds is 21. The fraction of sp³-hybridized carbons (Fsp3) is 1.00. The summed E-state index contributed by atoms with van der Waals surface area (Å²) in [6.45, 7) is 4.54. The van der Waals surface area contributed by atoms with Crippen LogP contribution in [-0.4, -0.2) is 61.6 Å². The van der Waals surface area contributed by atoms with Crippen LogP contribution in [0.2, 0.25) is 0 Å². The largest absolute Gasteiger partial charge is 0.394 e. The minimum atomic E-state index is -0.0613. The van der Waals surface area contributed by atoms with Crippen LogP contribution < -0.4 is 0 Å². The van der Waals surface area contributed by atoms with Crippen LogP contribution in [0.15, 0.2) is 0 Å². The molecule has 0 aromatic heterocycles. The van der Waals surface area contributed by atoms with E-state index in [0.717, 1.165) is 19.4 Å². The summed E-state index contributed by atoms with van der Waals surface area (Å²) >= 11 is 0. The molecule has 0 saturated carbocycles. The van der Waals surface area contributed by atoms with Crippen LogP contribution in [0.25, 0.3) is 0 Å². The SMILES string of the molecule is CCCCCCCCCCCCOCCCN(OCCO)OCCO. The van der Waals surface area contributed by atoms with Gasteiger partial charge in [0.05, 0.1) is 33.0 Å². The Kier molecular flexibility index (Phi) is 21.6. The molecule has 0 spiro atoms. The highest BCUT2D eigenvalue weighted by molar-refractivity contribution is 4.47. The molecule has 0 unspecified atom stereocenters. The van der Waals surface area contributed by atoms with Crippen molar-refractivity contribution in [2.24, 2.45) is 0 Å². The van der Waals surface area contributed by atoms with Crippen molar-refractivity contribution in [3.05, 3.63) is 0 Å². The molecule has 0 aliphatic rings. The molecular weight excluding hydrogens is 322 g/mol. The van der Waals surface area contributed by atoms with Crippen LogP contribution in [0, 0.1) is 0 Å². The molecule has 0 aromatic carbocycles. The van der Waals surface area contributed by atoms with Gasteiger partial charge in [0.1, 0.15) is 0 Å². The zero-order valence-corrected chi connectivity index (χ0v) is 16.3. The summed E-state index contributed by atoms with van der Waals surface area (Å²) in [7, 11) is 0. The lowest BCUT2D eigenvalue weighted by Gasteiger charge is -2.20. The van der Waals surface area contributed by atoms with Gasteiger partial charge in [-0.15, -0.1) is 0 Å². The average Bonchev–Trinajstić information content (AvgIpc) is 2.63. The van der Waals surface area contributed by atoms with Gasteiger partial charge in [-0.2, -0.15) is 0 Å². The molecule has 0 heterocycles. The summed E-state index contributed by atoms with van der Waals surface area (Å²) in [6.07, 6.45) is 14.1. The fourth-order valence-electron chi connectivity index (χ4n) is 2.54. The predicted octanol–water partition coefficient (Wildman–Crippen LogP) is 3.46. The zero-order chi connectivity index (χ0) is 18.4. The highest BCUT2D eigenvalue weighted by Crippen LogP contribution is 2.10. The fourth-order valence-corrected chi connectivity index (χ4v) is 2.54. The van der Waals surface area contributed by atoms with Crippen molar-refractivity contribution < 1.29 is 24.6 Å². The number of aliphatic hydroxyl groups excluding tert-OH is 2. The Hall–Kier alpha value is -0.240. The first kappa shape index (κ1) is 24.8. The third-order valence-electron chi connectivity index (χ3n) is 3.92. The summed E-state index contributed by atoms with van der Waals surface area (Å²) in [6, 6.07) is 0. The third kappa shape index (κ3) is 19.9. The maximum absolute atomic E-state index is 8.75. The maximum Gasteiger partial charge on any atom is 0.0942 e. The average molecular weight is 364 g/mol. The van der Waals surface area contributed by atoms with Crippen molar-refractivity contribution in [2.45, 2.75) is 77.6 Å². The van der Waals surface area contributed by atoms with Gasteiger partial charge in [-0.1, -0.05) is 69.9 Å². The molecule has 0 aliphatic heterocycles. The smallest absolute Gasteiger partial charge is 0.0942 e. The molecule has 152 valence electrons. The van der Waals surface area contributed by atoms with Gasteiger partial charge in [0.25, 0.3) is 0 Å². The van der Waals surface area contributed by atoms with Crippen molar-refractivity contribution >= 4 is 0 Å². The van der Waals surface area contributed by atoms with Crippen LogP contribution in [0.3, 0.4) is 0 Å². The number of hydrogen-bond donors (Lipinski definition) is 2. The number of unbranched alkanes of at least 4 members (excludes halogenated alkanes) is 9. The molecule has 6 heteroatoms. The van der Waals surface area contributed by atoms with E-state index in [1.165, 1.54) is 63.0 Å². The summed E-state index contributed by atoms with van der Waals surface area (Å²) in [4.78, 5) is 10.4. The van der Waals surface area contributed by atoms with Gasteiger partial charge in [0, 0.05) is 13.2 Å². The second kappa shape index (κ2) is 21.8. The summed E-state index contributed by atoms with van der Waals surface area (Å²) in [5.74, 6) is 0. The van der Waals surface area contributed by atoms with E-state index in [4.69, 9.17) is 24.6 Å². The minimum Gasteiger partial charge on any atom is -0.394 e. The van der Waals surface area contributed by atoms with Gasteiger partial charge >= 0.3 is 0 Å². The summed E-state index contributed by atoms with van der Waals surface area (Å²) in [5, 5.41) is 18.8. The highest BCUT2D eigenvalue weighted by atomic mass is 16.9. The molecule has 0 rings (SSSR count). The van der Waals surface area contributed by atoms with E-state index < -0.39 is 0 Å². The van der Waals surface area contributed by atoms with E-state index in [-0.39, 0.29) is 26.4 Å². The first-order valence-electron chi connectivity index (χ1n) is 10.2. The van der Waals surface area contributed by atoms with Crippen molar-refractivity contribution in [3.63, 3.8) is 0 Å². The molecule has 0 atom stereocenters. The quantitative estimate of drug-likeness (QED) is 0.240. The number of nitrogens with zero attached hydrogens (tertiary/aromatic N) is 1. The van der Waals surface area contributed by atoms with Gasteiger partial charge in [-0.25, -0.2) is 0 Å². The van der Waals surface area contributed by atoms with E-state index in [2.05, 4.69) is 6.92 Å². The molecule has 0 fully saturated rings.